The first-order valence-electron chi connectivity index (χ1n) is 5.86. The lowest BCUT2D eigenvalue weighted by Gasteiger charge is -2.32. The predicted octanol–water partition coefficient (Wildman–Crippen LogP) is 1.22. The molecular formula is C12H21NO3. The summed E-state index contributed by atoms with van der Waals surface area (Å²) in [7, 11) is 0. The lowest BCUT2D eigenvalue weighted by atomic mass is 10.1. The fourth-order valence-corrected chi connectivity index (χ4v) is 1.93. The van der Waals surface area contributed by atoms with Crippen LogP contribution < -0.4 is 0 Å². The van der Waals surface area contributed by atoms with Crippen molar-refractivity contribution in [3.8, 4) is 0 Å². The molecule has 0 spiro atoms. The molecule has 0 aromatic carbocycles. The molecule has 4 nitrogen and oxygen atoms in total. The van der Waals surface area contributed by atoms with Crippen molar-refractivity contribution in [3.63, 3.8) is 0 Å². The number of hydrogen-bond acceptors (Lipinski definition) is 4. The number of nitrogens with zero attached hydrogens (tertiary/aromatic N) is 1. The molecular weight excluding hydrogens is 206 g/mol. The number of ether oxygens (including phenoxy) is 2. The zero-order valence-electron chi connectivity index (χ0n) is 9.98. The van der Waals surface area contributed by atoms with Crippen LogP contribution in [0.5, 0.6) is 0 Å². The second-order valence-corrected chi connectivity index (χ2v) is 3.87. The Morgan fingerprint density at radius 1 is 1.56 bits per heavy atom. The summed E-state index contributed by atoms with van der Waals surface area (Å²) in [5.41, 5.74) is 0. The summed E-state index contributed by atoms with van der Waals surface area (Å²) < 4.78 is 10.3. The fourth-order valence-electron chi connectivity index (χ4n) is 1.93. The average molecular weight is 227 g/mol. The minimum atomic E-state index is -0.157. The molecule has 0 aromatic rings. The summed E-state index contributed by atoms with van der Waals surface area (Å²) in [6, 6.07) is 0.413. The highest BCUT2D eigenvalue weighted by molar-refractivity contribution is 5.71. The Balaban J connectivity index is 2.44. The number of carbonyl (C=O) groups is 1. The smallest absolute Gasteiger partial charge is 0.320 e. The molecule has 16 heavy (non-hydrogen) atoms. The van der Waals surface area contributed by atoms with Gasteiger partial charge in [0.2, 0.25) is 0 Å². The standard InChI is InChI=1S/C12H21NO3/c1-3-7-13(10-12(14)16-4-2)11-5-8-15-9-6-11/h3,11H,1,4-10H2,2H3. The summed E-state index contributed by atoms with van der Waals surface area (Å²) in [6.07, 6.45) is 3.79. The van der Waals surface area contributed by atoms with E-state index in [0.29, 0.717) is 19.2 Å². The summed E-state index contributed by atoms with van der Waals surface area (Å²) >= 11 is 0. The average Bonchev–Trinajstić information content (AvgIpc) is 2.30. The van der Waals surface area contributed by atoms with E-state index in [-0.39, 0.29) is 5.97 Å². The third-order valence-corrected chi connectivity index (χ3v) is 2.71. The van der Waals surface area contributed by atoms with Crippen molar-refractivity contribution in [3.05, 3.63) is 12.7 Å². The van der Waals surface area contributed by atoms with Gasteiger partial charge < -0.3 is 9.47 Å². The van der Waals surface area contributed by atoms with Crippen LogP contribution in [0.25, 0.3) is 0 Å². The summed E-state index contributed by atoms with van der Waals surface area (Å²) in [5, 5.41) is 0. The lowest BCUT2D eigenvalue weighted by molar-refractivity contribution is -0.145. The Kier molecular flexibility index (Phi) is 6.11. The van der Waals surface area contributed by atoms with Crippen LogP contribution in [-0.4, -0.2) is 49.8 Å². The van der Waals surface area contributed by atoms with Crippen molar-refractivity contribution in [1.29, 1.82) is 0 Å². The second-order valence-electron chi connectivity index (χ2n) is 3.87. The molecule has 0 saturated carbocycles. The van der Waals surface area contributed by atoms with Gasteiger partial charge in [-0.25, -0.2) is 0 Å². The molecule has 4 heteroatoms. The van der Waals surface area contributed by atoms with Crippen molar-refractivity contribution in [2.45, 2.75) is 25.8 Å². The van der Waals surface area contributed by atoms with Crippen molar-refractivity contribution in [1.82, 2.24) is 4.90 Å². The van der Waals surface area contributed by atoms with Crippen molar-refractivity contribution >= 4 is 5.97 Å². The third-order valence-electron chi connectivity index (χ3n) is 2.71. The van der Waals surface area contributed by atoms with E-state index in [4.69, 9.17) is 9.47 Å². The maximum absolute atomic E-state index is 11.4. The van der Waals surface area contributed by atoms with Gasteiger partial charge in [-0.15, -0.1) is 6.58 Å². The van der Waals surface area contributed by atoms with Crippen LogP contribution in [0.1, 0.15) is 19.8 Å². The van der Waals surface area contributed by atoms with Crippen LogP contribution >= 0.6 is 0 Å². The summed E-state index contributed by atoms with van der Waals surface area (Å²) in [6.45, 7) is 8.62. The molecule has 1 heterocycles. The first-order chi connectivity index (χ1) is 7.77. The lowest BCUT2D eigenvalue weighted by Crippen LogP contribution is -2.42. The highest BCUT2D eigenvalue weighted by Crippen LogP contribution is 2.14. The molecule has 0 atom stereocenters. The van der Waals surface area contributed by atoms with Gasteiger partial charge in [-0.1, -0.05) is 6.08 Å². The van der Waals surface area contributed by atoms with E-state index in [2.05, 4.69) is 11.5 Å². The second kappa shape index (κ2) is 7.41. The van der Waals surface area contributed by atoms with Gasteiger partial charge in [0.25, 0.3) is 0 Å². The van der Waals surface area contributed by atoms with Gasteiger partial charge in [0.1, 0.15) is 0 Å². The quantitative estimate of drug-likeness (QED) is 0.505. The van der Waals surface area contributed by atoms with Gasteiger partial charge in [0.15, 0.2) is 0 Å². The van der Waals surface area contributed by atoms with Crippen LogP contribution in [0, 0.1) is 0 Å². The summed E-state index contributed by atoms with van der Waals surface area (Å²) in [4.78, 5) is 13.6. The topological polar surface area (TPSA) is 38.8 Å². The van der Waals surface area contributed by atoms with E-state index in [0.717, 1.165) is 32.6 Å². The Bertz CT molecular complexity index is 224. The Morgan fingerprint density at radius 3 is 2.81 bits per heavy atom. The molecule has 1 aliphatic heterocycles. The molecule has 1 rings (SSSR count). The molecule has 1 saturated heterocycles. The van der Waals surface area contributed by atoms with E-state index in [9.17, 15) is 4.79 Å². The first-order valence-corrected chi connectivity index (χ1v) is 5.86. The Morgan fingerprint density at radius 2 is 2.25 bits per heavy atom. The molecule has 0 radical (unpaired) electrons. The maximum atomic E-state index is 11.4. The highest BCUT2D eigenvalue weighted by atomic mass is 16.5. The van der Waals surface area contributed by atoms with Crippen molar-refractivity contribution in [2.75, 3.05) is 32.9 Å². The van der Waals surface area contributed by atoms with Gasteiger partial charge in [0, 0.05) is 25.8 Å². The number of esters is 1. The minimum absolute atomic E-state index is 0.157. The molecule has 0 N–H and O–H groups in total. The maximum Gasteiger partial charge on any atom is 0.320 e. The molecule has 1 fully saturated rings. The van der Waals surface area contributed by atoms with Crippen LogP contribution in [0.3, 0.4) is 0 Å². The number of carbonyl (C=O) groups excluding carboxylic acids is 1. The largest absolute Gasteiger partial charge is 0.465 e. The number of rotatable bonds is 6. The van der Waals surface area contributed by atoms with Crippen LogP contribution in [0.4, 0.5) is 0 Å². The highest BCUT2D eigenvalue weighted by Gasteiger charge is 2.22. The monoisotopic (exact) mass is 227 g/mol. The van der Waals surface area contributed by atoms with Crippen molar-refractivity contribution in [2.24, 2.45) is 0 Å². The molecule has 0 aromatic heterocycles. The van der Waals surface area contributed by atoms with Crippen LogP contribution in [0.2, 0.25) is 0 Å². The van der Waals surface area contributed by atoms with Crippen molar-refractivity contribution < 1.29 is 14.3 Å². The molecule has 0 unspecified atom stereocenters. The van der Waals surface area contributed by atoms with Gasteiger partial charge in [-0.3, -0.25) is 9.69 Å². The van der Waals surface area contributed by atoms with Gasteiger partial charge >= 0.3 is 5.97 Å². The van der Waals surface area contributed by atoms with Gasteiger partial charge in [-0.05, 0) is 19.8 Å². The van der Waals surface area contributed by atoms with Crippen LogP contribution in [0.15, 0.2) is 12.7 Å². The fraction of sp³-hybridized carbons (Fsp3) is 0.750. The predicted molar refractivity (Wildman–Crippen MR) is 62.2 cm³/mol. The Labute approximate surface area is 97.2 Å². The first kappa shape index (κ1) is 13.2. The Hall–Kier alpha value is -0.870. The molecule has 0 bridgehead atoms. The number of hydrogen-bond donors (Lipinski definition) is 0. The van der Waals surface area contributed by atoms with Gasteiger partial charge in [-0.2, -0.15) is 0 Å². The van der Waals surface area contributed by atoms with E-state index >= 15 is 0 Å². The van der Waals surface area contributed by atoms with E-state index in [1.54, 1.807) is 0 Å². The van der Waals surface area contributed by atoms with Crippen LogP contribution in [-0.2, 0) is 14.3 Å². The van der Waals surface area contributed by atoms with E-state index in [1.165, 1.54) is 0 Å². The molecule has 92 valence electrons. The third kappa shape index (κ3) is 4.33. The zero-order chi connectivity index (χ0) is 11.8. The van der Waals surface area contributed by atoms with E-state index in [1.807, 2.05) is 13.0 Å². The normalized spacial score (nSPS) is 17.4. The zero-order valence-corrected chi connectivity index (χ0v) is 9.98. The molecule has 0 amide bonds. The minimum Gasteiger partial charge on any atom is -0.465 e. The van der Waals surface area contributed by atoms with E-state index < -0.39 is 0 Å². The SMILES string of the molecule is C=CCN(CC(=O)OCC)C1CCOCC1. The molecule has 1 aliphatic rings. The van der Waals surface area contributed by atoms with Gasteiger partial charge in [0.05, 0.1) is 13.2 Å². The molecule has 0 aliphatic carbocycles. The summed E-state index contributed by atoms with van der Waals surface area (Å²) in [5.74, 6) is -0.157.